The molecule has 1 aliphatic carbocycles. The van der Waals surface area contributed by atoms with Crippen LogP contribution in [0.3, 0.4) is 0 Å². The van der Waals surface area contributed by atoms with Crippen molar-refractivity contribution in [2.75, 3.05) is 20.1 Å². The van der Waals surface area contributed by atoms with Crippen molar-refractivity contribution in [3.63, 3.8) is 0 Å². The van der Waals surface area contributed by atoms with Gasteiger partial charge in [-0.3, -0.25) is 4.98 Å². The molecular weight excluding hydrogens is 362 g/mol. The SMILES string of the molecule is CN1CCCC(c2cc(C3Cc4ccccc4/C3=N\O)c(-c3ccncc3)o2)C1. The first-order chi connectivity index (χ1) is 14.2. The monoisotopic (exact) mass is 387 g/mol. The molecule has 0 saturated carbocycles. The van der Waals surface area contributed by atoms with E-state index < -0.39 is 0 Å². The van der Waals surface area contributed by atoms with Crippen LogP contribution in [0.25, 0.3) is 11.3 Å². The summed E-state index contributed by atoms with van der Waals surface area (Å²) >= 11 is 0. The van der Waals surface area contributed by atoms with E-state index in [1.165, 1.54) is 12.0 Å². The van der Waals surface area contributed by atoms with Crippen molar-refractivity contribution >= 4 is 5.71 Å². The molecule has 148 valence electrons. The fraction of sp³-hybridized carbons (Fsp3) is 0.333. The quantitative estimate of drug-likeness (QED) is 0.524. The number of benzene rings is 1. The first-order valence-electron chi connectivity index (χ1n) is 10.3. The fourth-order valence-corrected chi connectivity index (χ4v) is 4.85. The second-order valence-electron chi connectivity index (χ2n) is 8.17. The maximum atomic E-state index is 9.84. The summed E-state index contributed by atoms with van der Waals surface area (Å²) in [5.74, 6) is 2.28. The van der Waals surface area contributed by atoms with Gasteiger partial charge >= 0.3 is 0 Å². The van der Waals surface area contributed by atoms with E-state index in [2.05, 4.69) is 34.2 Å². The zero-order chi connectivity index (χ0) is 19.8. The Kier molecular flexibility index (Phi) is 4.68. The van der Waals surface area contributed by atoms with Crippen LogP contribution in [0.1, 0.15) is 47.1 Å². The van der Waals surface area contributed by atoms with E-state index in [0.717, 1.165) is 59.9 Å². The van der Waals surface area contributed by atoms with Gasteiger partial charge in [-0.1, -0.05) is 29.4 Å². The molecule has 5 nitrogen and oxygen atoms in total. The predicted octanol–water partition coefficient (Wildman–Crippen LogP) is 4.67. The van der Waals surface area contributed by atoms with Gasteiger partial charge in [0.1, 0.15) is 11.5 Å². The lowest BCUT2D eigenvalue weighted by atomic mass is 9.90. The van der Waals surface area contributed by atoms with Crippen LogP contribution in [0.5, 0.6) is 0 Å². The molecule has 5 heteroatoms. The van der Waals surface area contributed by atoms with E-state index in [-0.39, 0.29) is 5.92 Å². The molecule has 0 radical (unpaired) electrons. The van der Waals surface area contributed by atoms with Crippen LogP contribution >= 0.6 is 0 Å². The lowest BCUT2D eigenvalue weighted by Crippen LogP contribution is -2.30. The molecule has 1 saturated heterocycles. The molecule has 1 aliphatic heterocycles. The van der Waals surface area contributed by atoms with Crippen LogP contribution in [0.15, 0.2) is 64.4 Å². The maximum absolute atomic E-state index is 9.84. The molecule has 29 heavy (non-hydrogen) atoms. The Morgan fingerprint density at radius 2 is 2.00 bits per heavy atom. The van der Waals surface area contributed by atoms with Gasteiger partial charge in [0, 0.05) is 47.5 Å². The normalized spacial score (nSPS) is 23.4. The average Bonchev–Trinajstić information content (AvgIpc) is 3.36. The number of fused-ring (bicyclic) bond motifs is 1. The third-order valence-electron chi connectivity index (χ3n) is 6.28. The van der Waals surface area contributed by atoms with Crippen LogP contribution < -0.4 is 0 Å². The third-order valence-corrected chi connectivity index (χ3v) is 6.28. The van der Waals surface area contributed by atoms with E-state index in [9.17, 15) is 5.21 Å². The number of oxime groups is 1. The fourth-order valence-electron chi connectivity index (χ4n) is 4.85. The molecule has 3 aromatic rings. The number of hydrogen-bond acceptors (Lipinski definition) is 5. The third kappa shape index (κ3) is 3.25. The summed E-state index contributed by atoms with van der Waals surface area (Å²) in [5, 5.41) is 13.5. The van der Waals surface area contributed by atoms with Gasteiger partial charge in [-0.25, -0.2) is 0 Å². The lowest BCUT2D eigenvalue weighted by molar-refractivity contribution is 0.235. The Morgan fingerprint density at radius 3 is 2.79 bits per heavy atom. The molecule has 0 spiro atoms. The zero-order valence-corrected chi connectivity index (χ0v) is 16.6. The van der Waals surface area contributed by atoms with E-state index in [1.807, 2.05) is 30.3 Å². The number of furan rings is 1. The van der Waals surface area contributed by atoms with Gasteiger partial charge < -0.3 is 14.5 Å². The van der Waals surface area contributed by atoms with E-state index in [4.69, 9.17) is 4.42 Å². The first kappa shape index (κ1) is 18.1. The Morgan fingerprint density at radius 1 is 1.17 bits per heavy atom. The van der Waals surface area contributed by atoms with Crippen molar-refractivity contribution in [3.8, 4) is 11.3 Å². The summed E-state index contributed by atoms with van der Waals surface area (Å²) in [4.78, 5) is 6.53. The molecule has 0 amide bonds. The molecule has 2 aromatic heterocycles. The second-order valence-corrected chi connectivity index (χ2v) is 8.17. The average molecular weight is 387 g/mol. The van der Waals surface area contributed by atoms with Gasteiger partial charge in [-0.15, -0.1) is 0 Å². The molecule has 2 unspecified atom stereocenters. The minimum atomic E-state index is -0.0145. The van der Waals surface area contributed by atoms with Crippen LogP contribution in [-0.2, 0) is 6.42 Å². The largest absolute Gasteiger partial charge is 0.460 e. The van der Waals surface area contributed by atoms with Crippen molar-refractivity contribution < 1.29 is 9.62 Å². The minimum absolute atomic E-state index is 0.0145. The first-order valence-corrected chi connectivity index (χ1v) is 10.3. The van der Waals surface area contributed by atoms with Crippen molar-refractivity contribution in [2.45, 2.75) is 31.1 Å². The zero-order valence-electron chi connectivity index (χ0n) is 16.6. The van der Waals surface area contributed by atoms with Crippen LogP contribution in [0.4, 0.5) is 0 Å². The molecule has 0 bridgehead atoms. The minimum Gasteiger partial charge on any atom is -0.460 e. The topological polar surface area (TPSA) is 61.9 Å². The Bertz CT molecular complexity index is 1040. The molecule has 2 atom stereocenters. The number of likely N-dealkylation sites (N-methyl/N-ethyl adjacent to an activating group) is 1. The molecule has 3 heterocycles. The summed E-state index contributed by atoms with van der Waals surface area (Å²) in [5.41, 5.74) is 5.08. The Labute approximate surface area is 170 Å². The van der Waals surface area contributed by atoms with Crippen molar-refractivity contribution in [3.05, 3.63) is 77.3 Å². The summed E-state index contributed by atoms with van der Waals surface area (Å²) in [6.45, 7) is 2.15. The van der Waals surface area contributed by atoms with Gasteiger partial charge in [-0.2, -0.15) is 0 Å². The summed E-state index contributed by atoms with van der Waals surface area (Å²) in [6.07, 6.45) is 6.72. The number of rotatable bonds is 3. The van der Waals surface area contributed by atoms with Crippen LogP contribution in [0.2, 0.25) is 0 Å². The van der Waals surface area contributed by atoms with Gasteiger partial charge in [0.25, 0.3) is 0 Å². The maximum Gasteiger partial charge on any atom is 0.138 e. The number of likely N-dealkylation sites (tertiary alicyclic amines) is 1. The van der Waals surface area contributed by atoms with Gasteiger partial charge in [0.2, 0.25) is 0 Å². The lowest BCUT2D eigenvalue weighted by Gasteiger charge is -2.28. The summed E-state index contributed by atoms with van der Waals surface area (Å²) in [6, 6.07) is 14.4. The molecule has 1 N–H and O–H groups in total. The number of pyridine rings is 1. The smallest absolute Gasteiger partial charge is 0.138 e. The molecular formula is C24H25N3O2. The highest BCUT2D eigenvalue weighted by Gasteiger charge is 2.35. The molecule has 5 rings (SSSR count). The molecule has 1 aromatic carbocycles. The highest BCUT2D eigenvalue weighted by atomic mass is 16.4. The highest BCUT2D eigenvalue weighted by Crippen LogP contribution is 2.42. The van der Waals surface area contributed by atoms with E-state index >= 15 is 0 Å². The van der Waals surface area contributed by atoms with Crippen LogP contribution in [0, 0.1) is 0 Å². The number of nitrogens with zero attached hydrogens (tertiary/aromatic N) is 3. The second kappa shape index (κ2) is 7.48. The van der Waals surface area contributed by atoms with Crippen LogP contribution in [-0.4, -0.2) is 40.9 Å². The highest BCUT2D eigenvalue weighted by molar-refractivity contribution is 6.09. The van der Waals surface area contributed by atoms with E-state index in [1.54, 1.807) is 12.4 Å². The van der Waals surface area contributed by atoms with Crippen molar-refractivity contribution in [1.82, 2.24) is 9.88 Å². The Balaban J connectivity index is 1.60. The predicted molar refractivity (Wildman–Crippen MR) is 113 cm³/mol. The number of piperidine rings is 1. The van der Waals surface area contributed by atoms with Crippen molar-refractivity contribution in [2.24, 2.45) is 5.16 Å². The molecule has 1 fully saturated rings. The molecule has 2 aliphatic rings. The van der Waals surface area contributed by atoms with E-state index in [0.29, 0.717) is 5.92 Å². The number of aromatic nitrogens is 1. The van der Waals surface area contributed by atoms with Gasteiger partial charge in [0.15, 0.2) is 0 Å². The number of hydrogen-bond donors (Lipinski definition) is 1. The summed E-state index contributed by atoms with van der Waals surface area (Å²) < 4.78 is 6.50. The van der Waals surface area contributed by atoms with Gasteiger partial charge in [-0.05, 0) is 56.6 Å². The summed E-state index contributed by atoms with van der Waals surface area (Å²) in [7, 11) is 2.17. The van der Waals surface area contributed by atoms with Crippen molar-refractivity contribution in [1.29, 1.82) is 0 Å². The van der Waals surface area contributed by atoms with Gasteiger partial charge in [0.05, 0.1) is 5.71 Å². The Hall–Kier alpha value is -2.92. The standard InChI is InChI=1S/C24H25N3O2/c1-27-12-4-6-18(15-27)22-14-21(24(29-22)16-8-10-25-11-9-16)20-13-17-5-2-3-7-19(17)23(20)26-28/h2-3,5,7-11,14,18,20,28H,4,6,12-13,15H2,1H3/b26-23+.